The second kappa shape index (κ2) is 7.69. The molecule has 0 radical (unpaired) electrons. The van der Waals surface area contributed by atoms with Gasteiger partial charge in [-0.2, -0.15) is 0 Å². The van der Waals surface area contributed by atoms with E-state index in [9.17, 15) is 14.0 Å². The number of hydrogen-bond acceptors (Lipinski definition) is 4. The van der Waals surface area contributed by atoms with E-state index >= 15 is 0 Å². The van der Waals surface area contributed by atoms with E-state index in [0.29, 0.717) is 31.7 Å². The lowest BCUT2D eigenvalue weighted by atomic mass is 10.0. The van der Waals surface area contributed by atoms with E-state index in [4.69, 9.17) is 4.74 Å². The van der Waals surface area contributed by atoms with Gasteiger partial charge in [0.25, 0.3) is 0 Å². The highest BCUT2D eigenvalue weighted by Gasteiger charge is 2.26. The van der Waals surface area contributed by atoms with Crippen LogP contribution in [0.4, 0.5) is 14.9 Å². The number of ether oxygens (including phenoxy) is 1. The number of carbonyl (C=O) groups excluding carboxylic acids is 2. The number of hydrogen-bond donors (Lipinski definition) is 3. The van der Waals surface area contributed by atoms with Gasteiger partial charge in [0.05, 0.1) is 19.3 Å². The van der Waals surface area contributed by atoms with Crippen molar-refractivity contribution in [3.63, 3.8) is 0 Å². The molecule has 3 N–H and O–H groups in total. The summed E-state index contributed by atoms with van der Waals surface area (Å²) in [4.78, 5) is 25.8. The molecule has 0 aliphatic carbocycles. The van der Waals surface area contributed by atoms with Gasteiger partial charge in [-0.15, -0.1) is 0 Å². The normalized spacial score (nSPS) is 21.6. The number of halogens is 1. The first kappa shape index (κ1) is 17.5. The van der Waals surface area contributed by atoms with Crippen LogP contribution in [0.5, 0.6) is 0 Å². The number of carbonyl (C=O) groups is 2. The van der Waals surface area contributed by atoms with E-state index in [0.717, 1.165) is 18.8 Å². The molecule has 2 fully saturated rings. The molecular formula is C17H23FN4O3. The highest BCUT2D eigenvalue weighted by Crippen LogP contribution is 2.28. The van der Waals surface area contributed by atoms with Gasteiger partial charge in [-0.25, -0.2) is 9.18 Å². The molecule has 1 aromatic carbocycles. The highest BCUT2D eigenvalue weighted by molar-refractivity contribution is 5.88. The Labute approximate surface area is 145 Å². The number of rotatable bonds is 4. The summed E-state index contributed by atoms with van der Waals surface area (Å²) < 4.78 is 19.1. The number of anilines is 1. The van der Waals surface area contributed by atoms with Gasteiger partial charge in [0.1, 0.15) is 11.9 Å². The molecule has 136 valence electrons. The van der Waals surface area contributed by atoms with Crippen LogP contribution in [0.1, 0.15) is 24.9 Å². The van der Waals surface area contributed by atoms with Gasteiger partial charge < -0.3 is 25.6 Å². The molecule has 0 bridgehead atoms. The van der Waals surface area contributed by atoms with Gasteiger partial charge in [-0.3, -0.25) is 4.79 Å². The van der Waals surface area contributed by atoms with Crippen molar-refractivity contribution in [1.82, 2.24) is 16.0 Å². The van der Waals surface area contributed by atoms with Crippen molar-refractivity contribution >= 4 is 17.6 Å². The van der Waals surface area contributed by atoms with Crippen molar-refractivity contribution in [3.8, 4) is 0 Å². The van der Waals surface area contributed by atoms with Crippen LogP contribution in [0, 0.1) is 5.82 Å². The fraction of sp³-hybridized carbons (Fsp3) is 0.529. The molecule has 0 aromatic heterocycles. The Balaban J connectivity index is 1.69. The largest absolute Gasteiger partial charge is 0.378 e. The standard InChI is InChI=1S/C17H23FN4O3/c1-11(20-17(24)21-14-4-5-19-16(14)23)13-10-12(18)2-3-15(13)22-6-8-25-9-7-22/h2-3,10-11,14H,4-9H2,1H3,(H,19,23)(H2,20,21,24). The smallest absolute Gasteiger partial charge is 0.315 e. The molecule has 25 heavy (non-hydrogen) atoms. The number of nitrogens with one attached hydrogen (secondary N) is 3. The van der Waals surface area contributed by atoms with Crippen molar-refractivity contribution in [2.75, 3.05) is 37.7 Å². The van der Waals surface area contributed by atoms with E-state index in [1.54, 1.807) is 13.0 Å². The fourth-order valence-electron chi connectivity index (χ4n) is 3.17. The first-order valence-corrected chi connectivity index (χ1v) is 8.51. The Bertz CT molecular complexity index is 649. The van der Waals surface area contributed by atoms with E-state index < -0.39 is 18.1 Å². The Hall–Kier alpha value is -2.35. The maximum Gasteiger partial charge on any atom is 0.315 e. The molecule has 2 heterocycles. The number of urea groups is 1. The monoisotopic (exact) mass is 350 g/mol. The molecule has 8 heteroatoms. The van der Waals surface area contributed by atoms with Gasteiger partial charge in [0.15, 0.2) is 0 Å². The Morgan fingerprint density at radius 2 is 2.16 bits per heavy atom. The Morgan fingerprint density at radius 1 is 1.40 bits per heavy atom. The summed E-state index contributed by atoms with van der Waals surface area (Å²) in [7, 11) is 0. The minimum atomic E-state index is -0.515. The second-order valence-electron chi connectivity index (χ2n) is 6.27. The highest BCUT2D eigenvalue weighted by atomic mass is 19.1. The van der Waals surface area contributed by atoms with Crippen molar-refractivity contribution in [3.05, 3.63) is 29.6 Å². The molecule has 0 spiro atoms. The molecule has 7 nitrogen and oxygen atoms in total. The number of morpholine rings is 1. The number of nitrogens with zero attached hydrogens (tertiary/aromatic N) is 1. The van der Waals surface area contributed by atoms with Crippen LogP contribution in [-0.2, 0) is 9.53 Å². The van der Waals surface area contributed by atoms with Crippen molar-refractivity contribution < 1.29 is 18.7 Å². The zero-order valence-electron chi connectivity index (χ0n) is 14.2. The molecule has 2 unspecified atom stereocenters. The minimum absolute atomic E-state index is 0.178. The molecule has 3 rings (SSSR count). The Morgan fingerprint density at radius 3 is 2.84 bits per heavy atom. The lowest BCUT2D eigenvalue weighted by Crippen LogP contribution is -2.46. The fourth-order valence-corrected chi connectivity index (χ4v) is 3.17. The molecule has 2 atom stereocenters. The summed E-state index contributed by atoms with van der Waals surface area (Å²) >= 11 is 0. The summed E-state index contributed by atoms with van der Waals surface area (Å²) in [6, 6.07) is 3.24. The summed E-state index contributed by atoms with van der Waals surface area (Å²) in [6.07, 6.45) is 0.569. The van der Waals surface area contributed by atoms with E-state index in [-0.39, 0.29) is 11.7 Å². The molecule has 2 aliphatic rings. The van der Waals surface area contributed by atoms with Gasteiger partial charge in [-0.05, 0) is 31.5 Å². The van der Waals surface area contributed by atoms with Gasteiger partial charge in [-0.1, -0.05) is 0 Å². The van der Waals surface area contributed by atoms with Crippen LogP contribution in [0.2, 0.25) is 0 Å². The van der Waals surface area contributed by atoms with Gasteiger partial charge >= 0.3 is 6.03 Å². The molecule has 0 saturated carbocycles. The predicted octanol–water partition coefficient (Wildman–Crippen LogP) is 0.911. The minimum Gasteiger partial charge on any atom is -0.378 e. The maximum atomic E-state index is 13.8. The molecule has 3 amide bonds. The van der Waals surface area contributed by atoms with E-state index in [1.165, 1.54) is 12.1 Å². The van der Waals surface area contributed by atoms with Crippen molar-refractivity contribution in [1.29, 1.82) is 0 Å². The Kier molecular flexibility index (Phi) is 5.37. The quantitative estimate of drug-likeness (QED) is 0.754. The first-order chi connectivity index (χ1) is 12.0. The third kappa shape index (κ3) is 4.19. The first-order valence-electron chi connectivity index (χ1n) is 8.51. The van der Waals surface area contributed by atoms with E-state index in [2.05, 4.69) is 20.9 Å². The SMILES string of the molecule is CC(NC(=O)NC1CCNC1=O)c1cc(F)ccc1N1CCOCC1. The molecule has 2 saturated heterocycles. The lowest BCUT2D eigenvalue weighted by molar-refractivity contribution is -0.120. The van der Waals surface area contributed by atoms with Gasteiger partial charge in [0, 0.05) is 30.9 Å². The summed E-state index contributed by atoms with van der Waals surface area (Å²) in [6.45, 7) is 5.04. The average molecular weight is 350 g/mol. The van der Waals surface area contributed by atoms with Crippen LogP contribution in [-0.4, -0.2) is 50.8 Å². The zero-order chi connectivity index (χ0) is 17.8. The molecule has 2 aliphatic heterocycles. The maximum absolute atomic E-state index is 13.8. The third-order valence-corrected chi connectivity index (χ3v) is 4.51. The van der Waals surface area contributed by atoms with Crippen LogP contribution in [0.25, 0.3) is 0 Å². The van der Waals surface area contributed by atoms with Crippen LogP contribution >= 0.6 is 0 Å². The zero-order valence-corrected chi connectivity index (χ0v) is 14.2. The lowest BCUT2D eigenvalue weighted by Gasteiger charge is -2.32. The van der Waals surface area contributed by atoms with Crippen LogP contribution < -0.4 is 20.9 Å². The van der Waals surface area contributed by atoms with Gasteiger partial charge in [0.2, 0.25) is 5.91 Å². The second-order valence-corrected chi connectivity index (χ2v) is 6.27. The average Bonchev–Trinajstić information content (AvgIpc) is 3.00. The number of benzene rings is 1. The topological polar surface area (TPSA) is 82.7 Å². The van der Waals surface area contributed by atoms with Crippen LogP contribution in [0.15, 0.2) is 18.2 Å². The van der Waals surface area contributed by atoms with E-state index in [1.807, 2.05) is 0 Å². The predicted molar refractivity (Wildman–Crippen MR) is 90.9 cm³/mol. The summed E-state index contributed by atoms with van der Waals surface area (Å²) in [5.74, 6) is -0.529. The third-order valence-electron chi connectivity index (χ3n) is 4.51. The number of amides is 3. The van der Waals surface area contributed by atoms with Crippen molar-refractivity contribution in [2.45, 2.75) is 25.4 Å². The molecular weight excluding hydrogens is 327 g/mol. The molecule has 1 aromatic rings. The van der Waals surface area contributed by atoms with Crippen LogP contribution in [0.3, 0.4) is 0 Å². The summed E-state index contributed by atoms with van der Waals surface area (Å²) in [5.41, 5.74) is 1.59. The van der Waals surface area contributed by atoms with Crippen molar-refractivity contribution in [2.24, 2.45) is 0 Å². The summed E-state index contributed by atoms with van der Waals surface area (Å²) in [5, 5.41) is 8.12.